The number of hydrogen-bond acceptors (Lipinski definition) is 3. The van der Waals surface area contributed by atoms with Gasteiger partial charge in [-0.3, -0.25) is 4.79 Å². The highest BCUT2D eigenvalue weighted by Gasteiger charge is 1.99. The lowest BCUT2D eigenvalue weighted by molar-refractivity contribution is -0.115. The van der Waals surface area contributed by atoms with Crippen molar-refractivity contribution in [3.63, 3.8) is 0 Å². The third-order valence-electron chi connectivity index (χ3n) is 1.80. The number of amides is 1. The number of aromatic nitrogens is 1. The van der Waals surface area contributed by atoms with Crippen LogP contribution in [0.4, 0.5) is 11.5 Å². The molecule has 1 aromatic heterocycles. The van der Waals surface area contributed by atoms with E-state index in [0.29, 0.717) is 18.8 Å². The van der Waals surface area contributed by atoms with Crippen LogP contribution >= 0.6 is 0 Å². The highest BCUT2D eigenvalue weighted by Crippen LogP contribution is 2.09. The first-order valence-corrected chi connectivity index (χ1v) is 4.87. The van der Waals surface area contributed by atoms with Crippen LogP contribution in [0.1, 0.15) is 13.3 Å². The Hall–Kier alpha value is -1.84. The molecule has 0 aliphatic rings. The average molecular weight is 205 g/mol. The summed E-state index contributed by atoms with van der Waals surface area (Å²) in [5, 5.41) is 5.77. The second kappa shape index (κ2) is 5.80. The first kappa shape index (κ1) is 11.2. The molecule has 0 unspecified atom stereocenters. The van der Waals surface area contributed by atoms with Gasteiger partial charge in [-0.05, 0) is 12.1 Å². The van der Waals surface area contributed by atoms with Gasteiger partial charge in [0.2, 0.25) is 5.91 Å². The molecule has 80 valence electrons. The number of nitrogens with one attached hydrogen (secondary N) is 2. The standard InChI is InChI=1S/C11H15N3O/c1-3-7-12-9-5-6-10(13-8-9)14-11(15)4-2/h3,5-6,8,12H,1,4,7H2,2H3,(H,13,14,15). The molecule has 0 radical (unpaired) electrons. The van der Waals surface area contributed by atoms with E-state index in [1.165, 1.54) is 0 Å². The summed E-state index contributed by atoms with van der Waals surface area (Å²) in [4.78, 5) is 15.1. The predicted octanol–water partition coefficient (Wildman–Crippen LogP) is 2.03. The predicted molar refractivity (Wildman–Crippen MR) is 61.8 cm³/mol. The van der Waals surface area contributed by atoms with Crippen molar-refractivity contribution in [1.29, 1.82) is 0 Å². The van der Waals surface area contributed by atoms with Gasteiger partial charge >= 0.3 is 0 Å². The largest absolute Gasteiger partial charge is 0.380 e. The lowest BCUT2D eigenvalue weighted by atomic mass is 10.4. The molecule has 0 spiro atoms. The number of nitrogens with zero attached hydrogens (tertiary/aromatic N) is 1. The minimum atomic E-state index is -0.0331. The Bertz CT molecular complexity index is 332. The zero-order chi connectivity index (χ0) is 11.1. The summed E-state index contributed by atoms with van der Waals surface area (Å²) in [6.07, 6.45) is 3.90. The molecule has 4 heteroatoms. The third-order valence-corrected chi connectivity index (χ3v) is 1.80. The molecule has 0 atom stereocenters. The molecule has 0 bridgehead atoms. The summed E-state index contributed by atoms with van der Waals surface area (Å²) in [6, 6.07) is 3.63. The van der Waals surface area contributed by atoms with Gasteiger partial charge in [-0.2, -0.15) is 0 Å². The molecule has 1 heterocycles. The second-order valence-corrected chi connectivity index (χ2v) is 3.00. The molecule has 1 aromatic rings. The zero-order valence-corrected chi connectivity index (χ0v) is 8.79. The van der Waals surface area contributed by atoms with Crippen molar-refractivity contribution < 1.29 is 4.79 Å². The van der Waals surface area contributed by atoms with E-state index >= 15 is 0 Å². The number of carbonyl (C=O) groups is 1. The van der Waals surface area contributed by atoms with E-state index in [-0.39, 0.29) is 5.91 Å². The number of rotatable bonds is 5. The molecule has 1 rings (SSSR count). The molecule has 0 saturated carbocycles. The van der Waals surface area contributed by atoms with Gasteiger partial charge in [-0.1, -0.05) is 13.0 Å². The van der Waals surface area contributed by atoms with E-state index in [9.17, 15) is 4.79 Å². The Morgan fingerprint density at radius 2 is 2.40 bits per heavy atom. The van der Waals surface area contributed by atoms with E-state index < -0.39 is 0 Å². The Labute approximate surface area is 89.4 Å². The van der Waals surface area contributed by atoms with Gasteiger partial charge in [-0.25, -0.2) is 4.98 Å². The van der Waals surface area contributed by atoms with Crippen LogP contribution in [0.15, 0.2) is 31.0 Å². The third kappa shape index (κ3) is 3.81. The average Bonchev–Trinajstić information content (AvgIpc) is 2.28. The smallest absolute Gasteiger partial charge is 0.225 e. The van der Waals surface area contributed by atoms with Gasteiger partial charge in [0.1, 0.15) is 5.82 Å². The van der Waals surface area contributed by atoms with Crippen molar-refractivity contribution in [2.24, 2.45) is 0 Å². The van der Waals surface area contributed by atoms with Crippen LogP contribution in [0.5, 0.6) is 0 Å². The maximum atomic E-state index is 11.1. The van der Waals surface area contributed by atoms with Gasteiger partial charge in [0, 0.05) is 13.0 Å². The van der Waals surface area contributed by atoms with E-state index in [0.717, 1.165) is 5.69 Å². The Kier molecular flexibility index (Phi) is 4.34. The summed E-state index contributed by atoms with van der Waals surface area (Å²) in [6.45, 7) is 6.10. The summed E-state index contributed by atoms with van der Waals surface area (Å²) < 4.78 is 0. The van der Waals surface area contributed by atoms with Crippen LogP contribution in [-0.4, -0.2) is 17.4 Å². The maximum absolute atomic E-state index is 11.1. The summed E-state index contributed by atoms with van der Waals surface area (Å²) in [5.74, 6) is 0.542. The van der Waals surface area contributed by atoms with Crippen molar-refractivity contribution in [1.82, 2.24) is 4.98 Å². The monoisotopic (exact) mass is 205 g/mol. The normalized spacial score (nSPS) is 9.40. The van der Waals surface area contributed by atoms with Crippen molar-refractivity contribution in [2.45, 2.75) is 13.3 Å². The van der Waals surface area contributed by atoms with Crippen LogP contribution in [0.25, 0.3) is 0 Å². The second-order valence-electron chi connectivity index (χ2n) is 3.00. The SMILES string of the molecule is C=CCNc1ccc(NC(=O)CC)nc1. The Morgan fingerprint density at radius 1 is 1.60 bits per heavy atom. The molecule has 4 nitrogen and oxygen atoms in total. The Balaban J connectivity index is 2.55. The van der Waals surface area contributed by atoms with Gasteiger partial charge in [0.05, 0.1) is 11.9 Å². The molecule has 0 saturated heterocycles. The van der Waals surface area contributed by atoms with Crippen LogP contribution < -0.4 is 10.6 Å². The van der Waals surface area contributed by atoms with E-state index in [1.54, 1.807) is 25.3 Å². The fourth-order valence-electron chi connectivity index (χ4n) is 0.994. The van der Waals surface area contributed by atoms with Crippen molar-refractivity contribution in [3.05, 3.63) is 31.0 Å². The molecule has 0 aromatic carbocycles. The van der Waals surface area contributed by atoms with Crippen LogP contribution in [0.3, 0.4) is 0 Å². The summed E-state index contributed by atoms with van der Waals surface area (Å²) in [7, 11) is 0. The molecular weight excluding hydrogens is 190 g/mol. The van der Waals surface area contributed by atoms with Crippen LogP contribution in [0.2, 0.25) is 0 Å². The number of carbonyl (C=O) groups excluding carboxylic acids is 1. The van der Waals surface area contributed by atoms with Gasteiger partial charge in [0.25, 0.3) is 0 Å². The van der Waals surface area contributed by atoms with Crippen LogP contribution in [0, 0.1) is 0 Å². The molecular formula is C11H15N3O. The van der Waals surface area contributed by atoms with E-state index in [2.05, 4.69) is 22.2 Å². The van der Waals surface area contributed by atoms with E-state index in [4.69, 9.17) is 0 Å². The first-order chi connectivity index (χ1) is 7.26. The van der Waals surface area contributed by atoms with Crippen LogP contribution in [-0.2, 0) is 4.79 Å². The van der Waals surface area contributed by atoms with Crippen molar-refractivity contribution >= 4 is 17.4 Å². The first-order valence-electron chi connectivity index (χ1n) is 4.87. The van der Waals surface area contributed by atoms with Crippen molar-refractivity contribution in [2.75, 3.05) is 17.2 Å². The van der Waals surface area contributed by atoms with E-state index in [1.807, 2.05) is 6.07 Å². The number of anilines is 2. The van der Waals surface area contributed by atoms with Gasteiger partial charge < -0.3 is 10.6 Å². The molecule has 15 heavy (non-hydrogen) atoms. The van der Waals surface area contributed by atoms with Gasteiger partial charge in [-0.15, -0.1) is 6.58 Å². The molecule has 0 fully saturated rings. The lowest BCUT2D eigenvalue weighted by Crippen LogP contribution is -2.10. The fourth-order valence-corrected chi connectivity index (χ4v) is 0.994. The molecule has 2 N–H and O–H groups in total. The zero-order valence-electron chi connectivity index (χ0n) is 8.79. The quantitative estimate of drug-likeness (QED) is 0.723. The number of pyridine rings is 1. The summed E-state index contributed by atoms with van der Waals surface area (Å²) in [5.41, 5.74) is 0.907. The maximum Gasteiger partial charge on any atom is 0.225 e. The summed E-state index contributed by atoms with van der Waals surface area (Å²) >= 11 is 0. The number of hydrogen-bond donors (Lipinski definition) is 2. The van der Waals surface area contributed by atoms with Crippen molar-refractivity contribution in [3.8, 4) is 0 Å². The fraction of sp³-hybridized carbons (Fsp3) is 0.273. The molecule has 0 aliphatic carbocycles. The Morgan fingerprint density at radius 3 is 2.93 bits per heavy atom. The topological polar surface area (TPSA) is 54.0 Å². The minimum Gasteiger partial charge on any atom is -0.380 e. The highest BCUT2D eigenvalue weighted by atomic mass is 16.1. The van der Waals surface area contributed by atoms with Gasteiger partial charge in [0.15, 0.2) is 0 Å². The minimum absolute atomic E-state index is 0.0331. The lowest BCUT2D eigenvalue weighted by Gasteiger charge is -2.05. The molecule has 1 amide bonds. The molecule has 0 aliphatic heterocycles. The highest BCUT2D eigenvalue weighted by molar-refractivity contribution is 5.89.